The molecular weight excluding hydrogens is 428 g/mol. The Morgan fingerprint density at radius 2 is 1.85 bits per heavy atom. The van der Waals surface area contributed by atoms with Crippen molar-refractivity contribution in [2.24, 2.45) is 11.8 Å². The fourth-order valence-corrected chi connectivity index (χ4v) is 5.76. The molecule has 2 N–H and O–H groups in total. The van der Waals surface area contributed by atoms with E-state index in [1.807, 2.05) is 40.1 Å². The highest BCUT2D eigenvalue weighted by Gasteiger charge is 2.38. The third kappa shape index (κ3) is 4.94. The number of benzene rings is 1. The van der Waals surface area contributed by atoms with Gasteiger partial charge in [0, 0.05) is 38.4 Å². The van der Waals surface area contributed by atoms with Gasteiger partial charge in [-0.25, -0.2) is 4.98 Å². The molecule has 0 aliphatic carbocycles. The first-order valence-electron chi connectivity index (χ1n) is 12.6. The molecule has 0 radical (unpaired) electrons. The number of hydrogen-bond donors (Lipinski definition) is 2. The molecule has 0 spiro atoms. The van der Waals surface area contributed by atoms with Crippen molar-refractivity contribution in [2.75, 3.05) is 38.0 Å². The number of aliphatic carboxylic acids is 1. The number of aryl methyl sites for hydroxylation is 1. The summed E-state index contributed by atoms with van der Waals surface area (Å²) in [5.74, 6) is 0.820. The lowest BCUT2D eigenvalue weighted by atomic mass is 9.91. The van der Waals surface area contributed by atoms with E-state index in [9.17, 15) is 14.7 Å². The molecule has 3 aliphatic rings. The standard InChI is InChI=1S/C27H34N4O3/c32-26(22-12-16-31(18-22)24(27(33)34)20-5-2-1-3-6-20)30-14-10-19(11-15-30)17-23-9-8-21-7-4-13-28-25(21)29-23/h1-3,5-6,8-9,19,22,24H,4,7,10-18H2,(H,28,29)(H,33,34)/t22-,24?/m1/s1. The van der Waals surface area contributed by atoms with Crippen molar-refractivity contribution >= 4 is 17.7 Å². The maximum atomic E-state index is 13.2. The van der Waals surface area contributed by atoms with Crippen LogP contribution in [0, 0.1) is 11.8 Å². The van der Waals surface area contributed by atoms with E-state index in [2.05, 4.69) is 17.4 Å². The zero-order chi connectivity index (χ0) is 23.5. The number of carbonyl (C=O) groups is 2. The minimum Gasteiger partial charge on any atom is -0.480 e. The van der Waals surface area contributed by atoms with E-state index in [0.717, 1.165) is 68.8 Å². The molecule has 1 amide bonds. The Morgan fingerprint density at radius 1 is 1.06 bits per heavy atom. The lowest BCUT2D eigenvalue weighted by Gasteiger charge is -2.34. The number of carboxylic acid groups (broad SMARTS) is 1. The van der Waals surface area contributed by atoms with E-state index in [0.29, 0.717) is 19.0 Å². The van der Waals surface area contributed by atoms with Gasteiger partial charge >= 0.3 is 5.97 Å². The summed E-state index contributed by atoms with van der Waals surface area (Å²) in [4.78, 5) is 34.0. The molecule has 0 saturated carbocycles. The number of anilines is 1. The van der Waals surface area contributed by atoms with Crippen LogP contribution in [0.4, 0.5) is 5.82 Å². The maximum Gasteiger partial charge on any atom is 0.325 e. The van der Waals surface area contributed by atoms with Crippen molar-refractivity contribution < 1.29 is 14.7 Å². The molecule has 2 saturated heterocycles. The van der Waals surface area contributed by atoms with Crippen LogP contribution < -0.4 is 5.32 Å². The van der Waals surface area contributed by atoms with Crippen LogP contribution in [0.2, 0.25) is 0 Å². The highest BCUT2D eigenvalue weighted by Crippen LogP contribution is 2.31. The van der Waals surface area contributed by atoms with Gasteiger partial charge in [0.15, 0.2) is 0 Å². The minimum atomic E-state index is -0.855. The lowest BCUT2D eigenvalue weighted by Crippen LogP contribution is -2.43. The van der Waals surface area contributed by atoms with Crippen LogP contribution in [0.3, 0.4) is 0 Å². The van der Waals surface area contributed by atoms with Crippen molar-refractivity contribution in [1.29, 1.82) is 0 Å². The topological polar surface area (TPSA) is 85.8 Å². The number of rotatable bonds is 6. The Labute approximate surface area is 201 Å². The fraction of sp³-hybridized carbons (Fsp3) is 0.519. The number of fused-ring (bicyclic) bond motifs is 1. The van der Waals surface area contributed by atoms with Gasteiger partial charge in [-0.2, -0.15) is 0 Å². The second-order valence-corrected chi connectivity index (χ2v) is 9.95. The van der Waals surface area contributed by atoms with Gasteiger partial charge in [-0.15, -0.1) is 0 Å². The first-order valence-corrected chi connectivity index (χ1v) is 12.6. The summed E-state index contributed by atoms with van der Waals surface area (Å²) in [5, 5.41) is 13.2. The third-order valence-corrected chi connectivity index (χ3v) is 7.66. The van der Waals surface area contributed by atoms with Crippen molar-refractivity contribution in [1.82, 2.24) is 14.8 Å². The number of nitrogens with zero attached hydrogens (tertiary/aromatic N) is 3. The monoisotopic (exact) mass is 462 g/mol. The van der Waals surface area contributed by atoms with Gasteiger partial charge in [-0.05, 0) is 61.6 Å². The SMILES string of the molecule is O=C(O)C(c1ccccc1)N1CC[C@@H](C(=O)N2CCC(Cc3ccc4c(n3)NCCC4)CC2)C1. The second kappa shape index (κ2) is 10.1. The number of hydrogen-bond acceptors (Lipinski definition) is 5. The van der Waals surface area contributed by atoms with Gasteiger partial charge < -0.3 is 15.3 Å². The van der Waals surface area contributed by atoms with Crippen LogP contribution in [-0.2, 0) is 22.4 Å². The largest absolute Gasteiger partial charge is 0.480 e. The van der Waals surface area contributed by atoms with E-state index in [-0.39, 0.29) is 11.8 Å². The van der Waals surface area contributed by atoms with Crippen LogP contribution >= 0.6 is 0 Å². The quantitative estimate of drug-likeness (QED) is 0.685. The molecule has 1 aromatic carbocycles. The summed E-state index contributed by atoms with van der Waals surface area (Å²) < 4.78 is 0. The normalized spacial score (nSPS) is 22.1. The third-order valence-electron chi connectivity index (χ3n) is 7.66. The first kappa shape index (κ1) is 22.8. The van der Waals surface area contributed by atoms with E-state index < -0.39 is 12.0 Å². The van der Waals surface area contributed by atoms with Crippen LogP contribution in [0.25, 0.3) is 0 Å². The molecular formula is C27H34N4O3. The smallest absolute Gasteiger partial charge is 0.325 e. The van der Waals surface area contributed by atoms with E-state index in [4.69, 9.17) is 4.98 Å². The zero-order valence-electron chi connectivity index (χ0n) is 19.7. The minimum absolute atomic E-state index is 0.115. The first-order chi connectivity index (χ1) is 16.6. The van der Waals surface area contributed by atoms with Crippen molar-refractivity contribution in [3.05, 3.63) is 59.3 Å². The number of piperidine rings is 1. The van der Waals surface area contributed by atoms with Crippen LogP contribution in [-0.4, -0.2) is 64.5 Å². The van der Waals surface area contributed by atoms with Gasteiger partial charge in [0.1, 0.15) is 11.9 Å². The summed E-state index contributed by atoms with van der Waals surface area (Å²) in [6.45, 7) is 3.71. The Balaban J connectivity index is 1.14. The molecule has 2 atom stereocenters. The molecule has 4 heterocycles. The Hall–Kier alpha value is -2.93. The number of nitrogens with one attached hydrogen (secondary N) is 1. The van der Waals surface area contributed by atoms with Gasteiger partial charge in [0.2, 0.25) is 5.91 Å². The number of carboxylic acids is 1. The van der Waals surface area contributed by atoms with Crippen molar-refractivity contribution in [3.8, 4) is 0 Å². The molecule has 0 bridgehead atoms. The number of aromatic nitrogens is 1. The maximum absolute atomic E-state index is 13.2. The number of carbonyl (C=O) groups excluding carboxylic acids is 1. The van der Waals surface area contributed by atoms with Gasteiger partial charge in [-0.3, -0.25) is 14.5 Å². The summed E-state index contributed by atoms with van der Waals surface area (Å²) in [6.07, 6.45) is 5.95. The van der Waals surface area contributed by atoms with Crippen LogP contribution in [0.15, 0.2) is 42.5 Å². The molecule has 34 heavy (non-hydrogen) atoms. The van der Waals surface area contributed by atoms with E-state index in [1.165, 1.54) is 12.0 Å². The van der Waals surface area contributed by atoms with Gasteiger partial charge in [-0.1, -0.05) is 36.4 Å². The Bertz CT molecular complexity index is 1020. The predicted octanol–water partition coefficient (Wildman–Crippen LogP) is 3.37. The highest BCUT2D eigenvalue weighted by molar-refractivity contribution is 5.80. The van der Waals surface area contributed by atoms with Crippen molar-refractivity contribution in [2.45, 2.75) is 44.6 Å². The van der Waals surface area contributed by atoms with Crippen molar-refractivity contribution in [3.63, 3.8) is 0 Å². The van der Waals surface area contributed by atoms with Crippen LogP contribution in [0.5, 0.6) is 0 Å². The number of likely N-dealkylation sites (tertiary alicyclic amines) is 2. The predicted molar refractivity (Wildman–Crippen MR) is 131 cm³/mol. The average Bonchev–Trinajstić information content (AvgIpc) is 3.34. The zero-order valence-corrected chi connectivity index (χ0v) is 19.7. The summed E-state index contributed by atoms with van der Waals surface area (Å²) >= 11 is 0. The molecule has 5 rings (SSSR count). The molecule has 7 nitrogen and oxygen atoms in total. The van der Waals surface area contributed by atoms with E-state index >= 15 is 0 Å². The molecule has 1 aromatic heterocycles. The molecule has 1 unspecified atom stereocenters. The molecule has 180 valence electrons. The number of pyridine rings is 1. The second-order valence-electron chi connectivity index (χ2n) is 9.95. The highest BCUT2D eigenvalue weighted by atomic mass is 16.4. The fourth-order valence-electron chi connectivity index (χ4n) is 5.76. The van der Waals surface area contributed by atoms with E-state index in [1.54, 1.807) is 0 Å². The summed E-state index contributed by atoms with van der Waals surface area (Å²) in [6, 6.07) is 13.0. The Kier molecular flexibility index (Phi) is 6.81. The summed E-state index contributed by atoms with van der Waals surface area (Å²) in [7, 11) is 0. The Morgan fingerprint density at radius 3 is 2.62 bits per heavy atom. The van der Waals surface area contributed by atoms with Crippen LogP contribution in [0.1, 0.15) is 48.5 Å². The molecule has 2 fully saturated rings. The van der Waals surface area contributed by atoms with Gasteiger partial charge in [0.25, 0.3) is 0 Å². The molecule has 3 aliphatic heterocycles. The molecule has 2 aromatic rings. The molecule has 7 heteroatoms. The summed E-state index contributed by atoms with van der Waals surface area (Å²) in [5.41, 5.74) is 3.23. The lowest BCUT2D eigenvalue weighted by molar-refractivity contribution is -0.144. The number of amides is 1. The average molecular weight is 463 g/mol. The van der Waals surface area contributed by atoms with Gasteiger partial charge in [0.05, 0.1) is 5.92 Å².